The second-order valence-electron chi connectivity index (χ2n) is 5.22. The van der Waals surface area contributed by atoms with Crippen molar-refractivity contribution in [3.63, 3.8) is 0 Å². The zero-order valence-electron chi connectivity index (χ0n) is 12.1. The number of nitrogens with one attached hydrogen (secondary N) is 2. The number of amides is 1. The topological polar surface area (TPSA) is 78.0 Å². The van der Waals surface area contributed by atoms with Gasteiger partial charge < -0.3 is 10.4 Å². The Labute approximate surface area is 114 Å². The van der Waals surface area contributed by atoms with E-state index in [9.17, 15) is 9.90 Å². The lowest BCUT2D eigenvalue weighted by Gasteiger charge is -2.27. The standard InChI is InChI=1S/C14H25N3O2/c1-4-6-14(19,7-5-2)10-15-13(18)9-12-8-11(3)16-17-12/h8,19H,4-7,9-10H2,1-3H3,(H,15,18)(H,16,17). The molecule has 0 spiro atoms. The second-order valence-corrected chi connectivity index (χ2v) is 5.22. The Balaban J connectivity index is 2.43. The molecule has 0 fully saturated rings. The molecule has 1 aromatic heterocycles. The van der Waals surface area contributed by atoms with Crippen LogP contribution in [0.2, 0.25) is 0 Å². The maximum atomic E-state index is 11.8. The van der Waals surface area contributed by atoms with E-state index in [1.807, 2.05) is 26.8 Å². The monoisotopic (exact) mass is 267 g/mol. The van der Waals surface area contributed by atoms with Gasteiger partial charge in [-0.15, -0.1) is 0 Å². The van der Waals surface area contributed by atoms with Crippen molar-refractivity contribution in [2.75, 3.05) is 6.54 Å². The summed E-state index contributed by atoms with van der Waals surface area (Å²) in [6, 6.07) is 1.85. The van der Waals surface area contributed by atoms with Crippen LogP contribution in [0.5, 0.6) is 0 Å². The van der Waals surface area contributed by atoms with Crippen molar-refractivity contribution in [1.82, 2.24) is 15.5 Å². The van der Waals surface area contributed by atoms with Crippen molar-refractivity contribution in [2.24, 2.45) is 0 Å². The van der Waals surface area contributed by atoms with Crippen molar-refractivity contribution in [3.8, 4) is 0 Å². The van der Waals surface area contributed by atoms with Gasteiger partial charge in [-0.3, -0.25) is 9.89 Å². The Bertz CT molecular complexity index is 395. The average Bonchev–Trinajstić information content (AvgIpc) is 2.73. The summed E-state index contributed by atoms with van der Waals surface area (Å²) in [6.07, 6.45) is 3.49. The highest BCUT2D eigenvalue weighted by Gasteiger charge is 2.25. The molecule has 0 bridgehead atoms. The molecule has 1 aromatic rings. The van der Waals surface area contributed by atoms with Gasteiger partial charge in [-0.25, -0.2) is 0 Å². The molecule has 0 saturated heterocycles. The number of aromatic nitrogens is 2. The molecule has 0 radical (unpaired) electrons. The van der Waals surface area contributed by atoms with Crippen molar-refractivity contribution < 1.29 is 9.90 Å². The zero-order valence-corrected chi connectivity index (χ0v) is 12.1. The van der Waals surface area contributed by atoms with E-state index < -0.39 is 5.60 Å². The molecule has 5 heteroatoms. The molecule has 0 atom stereocenters. The molecule has 1 rings (SSSR count). The average molecular weight is 267 g/mol. The first-order chi connectivity index (χ1) is 8.99. The Morgan fingerprint density at radius 3 is 2.53 bits per heavy atom. The number of hydrogen-bond acceptors (Lipinski definition) is 3. The summed E-state index contributed by atoms with van der Waals surface area (Å²) in [5, 5.41) is 20.0. The van der Waals surface area contributed by atoms with Gasteiger partial charge in [0.25, 0.3) is 0 Å². The van der Waals surface area contributed by atoms with Gasteiger partial charge in [0.15, 0.2) is 0 Å². The van der Waals surface area contributed by atoms with Crippen molar-refractivity contribution >= 4 is 5.91 Å². The molecule has 0 aliphatic rings. The lowest BCUT2D eigenvalue weighted by molar-refractivity contribution is -0.122. The Morgan fingerprint density at radius 1 is 1.42 bits per heavy atom. The molecule has 0 saturated carbocycles. The Hall–Kier alpha value is -1.36. The van der Waals surface area contributed by atoms with Crippen LogP contribution >= 0.6 is 0 Å². The van der Waals surface area contributed by atoms with Crippen LogP contribution in [0.15, 0.2) is 6.07 Å². The Kier molecular flexibility index (Phi) is 6.02. The minimum atomic E-state index is -0.777. The summed E-state index contributed by atoms with van der Waals surface area (Å²) in [4.78, 5) is 11.8. The molecular weight excluding hydrogens is 242 g/mol. The van der Waals surface area contributed by atoms with Gasteiger partial charge in [-0.1, -0.05) is 26.7 Å². The van der Waals surface area contributed by atoms with Gasteiger partial charge in [0.1, 0.15) is 0 Å². The van der Waals surface area contributed by atoms with Gasteiger partial charge >= 0.3 is 0 Å². The largest absolute Gasteiger partial charge is 0.388 e. The predicted molar refractivity (Wildman–Crippen MR) is 74.8 cm³/mol. The van der Waals surface area contributed by atoms with Gasteiger partial charge in [-0.05, 0) is 25.8 Å². The number of rotatable bonds is 8. The number of aryl methyl sites for hydroxylation is 1. The van der Waals surface area contributed by atoms with E-state index in [0.29, 0.717) is 19.4 Å². The van der Waals surface area contributed by atoms with Crippen molar-refractivity contribution in [3.05, 3.63) is 17.5 Å². The number of aliphatic hydroxyl groups is 1. The first-order valence-electron chi connectivity index (χ1n) is 6.99. The molecular formula is C14H25N3O2. The van der Waals surface area contributed by atoms with Crippen LogP contribution in [0, 0.1) is 6.92 Å². The summed E-state index contributed by atoms with van der Waals surface area (Å²) < 4.78 is 0. The fourth-order valence-electron chi connectivity index (χ4n) is 2.29. The normalized spacial score (nSPS) is 11.6. The Morgan fingerprint density at radius 2 is 2.05 bits per heavy atom. The van der Waals surface area contributed by atoms with Gasteiger partial charge in [0, 0.05) is 12.2 Å². The van der Waals surface area contributed by atoms with Crippen LogP contribution < -0.4 is 5.32 Å². The van der Waals surface area contributed by atoms with Crippen LogP contribution in [-0.2, 0) is 11.2 Å². The van der Waals surface area contributed by atoms with Crippen LogP contribution in [0.1, 0.15) is 50.9 Å². The highest BCUT2D eigenvalue weighted by molar-refractivity contribution is 5.78. The van der Waals surface area contributed by atoms with Gasteiger partial charge in [0.05, 0.1) is 17.7 Å². The van der Waals surface area contributed by atoms with E-state index in [4.69, 9.17) is 0 Å². The van der Waals surface area contributed by atoms with E-state index in [1.165, 1.54) is 0 Å². The van der Waals surface area contributed by atoms with Crippen LogP contribution in [0.25, 0.3) is 0 Å². The van der Waals surface area contributed by atoms with E-state index in [-0.39, 0.29) is 12.3 Å². The predicted octanol–water partition coefficient (Wildman–Crippen LogP) is 1.71. The molecule has 108 valence electrons. The third kappa shape index (κ3) is 5.42. The van der Waals surface area contributed by atoms with Gasteiger partial charge in [0.2, 0.25) is 5.91 Å². The smallest absolute Gasteiger partial charge is 0.226 e. The number of carbonyl (C=O) groups excluding carboxylic acids is 1. The first-order valence-corrected chi connectivity index (χ1v) is 6.99. The summed E-state index contributed by atoms with van der Waals surface area (Å²) in [5.74, 6) is -0.0999. The van der Waals surface area contributed by atoms with Gasteiger partial charge in [-0.2, -0.15) is 5.10 Å². The van der Waals surface area contributed by atoms with E-state index in [2.05, 4.69) is 15.5 Å². The minimum Gasteiger partial charge on any atom is -0.388 e. The maximum Gasteiger partial charge on any atom is 0.226 e. The third-order valence-corrected chi connectivity index (χ3v) is 3.15. The molecule has 1 heterocycles. The molecule has 0 aliphatic carbocycles. The summed E-state index contributed by atoms with van der Waals surface area (Å²) in [7, 11) is 0. The number of nitrogens with zero attached hydrogens (tertiary/aromatic N) is 1. The number of H-pyrrole nitrogens is 1. The van der Waals surface area contributed by atoms with E-state index >= 15 is 0 Å². The second kappa shape index (κ2) is 7.28. The maximum absolute atomic E-state index is 11.8. The molecule has 0 unspecified atom stereocenters. The van der Waals surface area contributed by atoms with Crippen LogP contribution in [0.4, 0.5) is 0 Å². The summed E-state index contributed by atoms with van der Waals surface area (Å²) >= 11 is 0. The molecule has 3 N–H and O–H groups in total. The highest BCUT2D eigenvalue weighted by Crippen LogP contribution is 2.18. The number of aromatic amines is 1. The van der Waals surface area contributed by atoms with E-state index in [0.717, 1.165) is 24.2 Å². The first kappa shape index (κ1) is 15.7. The third-order valence-electron chi connectivity index (χ3n) is 3.15. The summed E-state index contributed by atoms with van der Waals surface area (Å²) in [5.41, 5.74) is 0.890. The minimum absolute atomic E-state index is 0.0999. The summed E-state index contributed by atoms with van der Waals surface area (Å²) in [6.45, 7) is 6.29. The van der Waals surface area contributed by atoms with Crippen LogP contribution in [0.3, 0.4) is 0 Å². The number of hydrogen-bond donors (Lipinski definition) is 3. The molecule has 0 aromatic carbocycles. The van der Waals surface area contributed by atoms with Crippen molar-refractivity contribution in [2.45, 2.75) is 58.5 Å². The van der Waals surface area contributed by atoms with Crippen molar-refractivity contribution in [1.29, 1.82) is 0 Å². The number of carbonyl (C=O) groups is 1. The highest BCUT2D eigenvalue weighted by atomic mass is 16.3. The lowest BCUT2D eigenvalue weighted by atomic mass is 9.92. The van der Waals surface area contributed by atoms with Crippen LogP contribution in [-0.4, -0.2) is 33.4 Å². The lowest BCUT2D eigenvalue weighted by Crippen LogP contribution is -2.43. The van der Waals surface area contributed by atoms with E-state index in [1.54, 1.807) is 0 Å². The quantitative estimate of drug-likeness (QED) is 0.671. The zero-order chi connectivity index (χ0) is 14.3. The SMILES string of the molecule is CCCC(O)(CCC)CNC(=O)Cc1cc(C)[nH]n1. The molecule has 19 heavy (non-hydrogen) atoms. The molecule has 5 nitrogen and oxygen atoms in total. The molecule has 1 amide bonds. The molecule has 0 aliphatic heterocycles. The fourth-order valence-corrected chi connectivity index (χ4v) is 2.29. The fraction of sp³-hybridized carbons (Fsp3) is 0.714.